The first kappa shape index (κ1) is 25.5. The SMILES string of the molecule is CCCCCCCCCc1ccc(C(CCCCC(=O)O)SCCC(=O)O)cc1. The van der Waals surface area contributed by atoms with Crippen LogP contribution < -0.4 is 0 Å². The van der Waals surface area contributed by atoms with Gasteiger partial charge in [0.05, 0.1) is 6.42 Å². The summed E-state index contributed by atoms with van der Waals surface area (Å²) in [6, 6.07) is 8.75. The zero-order chi connectivity index (χ0) is 21.3. The minimum absolute atomic E-state index is 0.159. The van der Waals surface area contributed by atoms with E-state index >= 15 is 0 Å². The van der Waals surface area contributed by atoms with Crippen molar-refractivity contribution >= 4 is 23.7 Å². The molecule has 0 saturated heterocycles. The van der Waals surface area contributed by atoms with Crippen LogP contribution in [0.1, 0.15) is 100 Å². The van der Waals surface area contributed by atoms with Crippen molar-refractivity contribution in [1.82, 2.24) is 0 Å². The molecule has 29 heavy (non-hydrogen) atoms. The first-order chi connectivity index (χ1) is 14.0. The van der Waals surface area contributed by atoms with Gasteiger partial charge in [0.2, 0.25) is 0 Å². The fourth-order valence-corrected chi connectivity index (χ4v) is 4.69. The van der Waals surface area contributed by atoms with Crippen molar-refractivity contribution in [3.63, 3.8) is 0 Å². The van der Waals surface area contributed by atoms with E-state index in [1.165, 1.54) is 56.1 Å². The lowest BCUT2D eigenvalue weighted by atomic mass is 10.0. The van der Waals surface area contributed by atoms with Crippen molar-refractivity contribution in [2.24, 2.45) is 0 Å². The molecule has 2 N–H and O–H groups in total. The van der Waals surface area contributed by atoms with Crippen LogP contribution in [0.2, 0.25) is 0 Å². The standard InChI is InChI=1S/C24H38O4S/c1-2-3-4-5-6-7-8-11-20-14-16-21(17-15-20)22(29-19-18-24(27)28)12-9-10-13-23(25)26/h14-17,22H,2-13,18-19H2,1H3,(H,25,26)(H,27,28). The quantitative estimate of drug-likeness (QED) is 0.252. The Labute approximate surface area is 180 Å². The molecule has 0 aromatic heterocycles. The second-order valence-electron chi connectivity index (χ2n) is 7.76. The molecule has 5 heteroatoms. The van der Waals surface area contributed by atoms with Gasteiger partial charge in [-0.25, -0.2) is 0 Å². The van der Waals surface area contributed by atoms with Crippen molar-refractivity contribution in [2.75, 3.05) is 5.75 Å². The van der Waals surface area contributed by atoms with Crippen molar-refractivity contribution in [2.45, 2.75) is 95.6 Å². The van der Waals surface area contributed by atoms with E-state index < -0.39 is 11.9 Å². The smallest absolute Gasteiger partial charge is 0.304 e. The van der Waals surface area contributed by atoms with Crippen molar-refractivity contribution < 1.29 is 19.8 Å². The number of carboxylic acids is 2. The average Bonchev–Trinajstić information content (AvgIpc) is 2.69. The zero-order valence-corrected chi connectivity index (χ0v) is 18.7. The van der Waals surface area contributed by atoms with E-state index in [-0.39, 0.29) is 18.1 Å². The Morgan fingerprint density at radius 3 is 2.07 bits per heavy atom. The van der Waals surface area contributed by atoms with Crippen LogP contribution in [-0.2, 0) is 16.0 Å². The molecule has 1 atom stereocenters. The van der Waals surface area contributed by atoms with E-state index in [9.17, 15) is 9.59 Å². The Morgan fingerprint density at radius 2 is 1.45 bits per heavy atom. The normalized spacial score (nSPS) is 12.0. The maximum atomic E-state index is 10.8. The molecule has 0 amide bonds. The first-order valence-electron chi connectivity index (χ1n) is 11.2. The predicted molar refractivity (Wildman–Crippen MR) is 122 cm³/mol. The van der Waals surface area contributed by atoms with Gasteiger partial charge >= 0.3 is 11.9 Å². The maximum absolute atomic E-state index is 10.8. The second-order valence-corrected chi connectivity index (χ2v) is 9.07. The topological polar surface area (TPSA) is 74.6 Å². The van der Waals surface area contributed by atoms with Crippen LogP contribution in [0.5, 0.6) is 0 Å². The van der Waals surface area contributed by atoms with Gasteiger partial charge in [-0.05, 0) is 36.8 Å². The molecule has 1 aromatic carbocycles. The summed E-state index contributed by atoms with van der Waals surface area (Å²) in [5.41, 5.74) is 2.58. The minimum Gasteiger partial charge on any atom is -0.481 e. The van der Waals surface area contributed by atoms with E-state index in [1.807, 2.05) is 0 Å². The Morgan fingerprint density at radius 1 is 0.828 bits per heavy atom. The number of aliphatic carboxylic acids is 2. The number of carbonyl (C=O) groups is 2. The number of unbranched alkanes of at least 4 members (excludes halogenated alkanes) is 7. The number of rotatable bonds is 18. The molecule has 4 nitrogen and oxygen atoms in total. The third-order valence-electron chi connectivity index (χ3n) is 5.16. The van der Waals surface area contributed by atoms with Crippen LogP contribution in [0.3, 0.4) is 0 Å². The Bertz CT molecular complexity index is 571. The number of thioether (sulfide) groups is 1. The van der Waals surface area contributed by atoms with Crippen molar-refractivity contribution in [1.29, 1.82) is 0 Å². The highest BCUT2D eigenvalue weighted by atomic mass is 32.2. The molecular formula is C24H38O4S. The van der Waals surface area contributed by atoms with Gasteiger partial charge in [0.25, 0.3) is 0 Å². The summed E-state index contributed by atoms with van der Waals surface area (Å²) < 4.78 is 0. The van der Waals surface area contributed by atoms with Gasteiger partial charge in [0.15, 0.2) is 0 Å². The average molecular weight is 423 g/mol. The van der Waals surface area contributed by atoms with E-state index in [0.717, 1.165) is 19.3 Å². The molecule has 164 valence electrons. The lowest BCUT2D eigenvalue weighted by Crippen LogP contribution is -2.02. The third kappa shape index (κ3) is 13.4. The molecule has 1 unspecified atom stereocenters. The largest absolute Gasteiger partial charge is 0.481 e. The molecule has 0 saturated carbocycles. The van der Waals surface area contributed by atoms with E-state index in [1.54, 1.807) is 11.8 Å². The van der Waals surface area contributed by atoms with Crippen molar-refractivity contribution in [3.8, 4) is 0 Å². The monoisotopic (exact) mass is 422 g/mol. The molecule has 0 heterocycles. The summed E-state index contributed by atoms with van der Waals surface area (Å²) in [6.07, 6.45) is 13.1. The van der Waals surface area contributed by atoms with Gasteiger partial charge in [-0.15, -0.1) is 0 Å². The van der Waals surface area contributed by atoms with Gasteiger partial charge in [0.1, 0.15) is 0 Å². The van der Waals surface area contributed by atoms with Crippen LogP contribution in [0.4, 0.5) is 0 Å². The second kappa shape index (κ2) is 16.3. The molecule has 0 aliphatic heterocycles. The van der Waals surface area contributed by atoms with Crippen LogP contribution in [-0.4, -0.2) is 27.9 Å². The molecule has 1 rings (SSSR count). The Hall–Kier alpha value is -1.49. The zero-order valence-electron chi connectivity index (χ0n) is 17.9. The van der Waals surface area contributed by atoms with Crippen LogP contribution >= 0.6 is 11.8 Å². The molecule has 0 spiro atoms. The van der Waals surface area contributed by atoms with Crippen LogP contribution in [0, 0.1) is 0 Å². The summed E-state index contributed by atoms with van der Waals surface area (Å²) in [5.74, 6) is -0.944. The minimum atomic E-state index is -0.771. The number of aryl methyl sites for hydroxylation is 1. The summed E-state index contributed by atoms with van der Waals surface area (Å²) in [7, 11) is 0. The number of carboxylic acid groups (broad SMARTS) is 2. The van der Waals surface area contributed by atoms with Crippen molar-refractivity contribution in [3.05, 3.63) is 35.4 Å². The van der Waals surface area contributed by atoms with Gasteiger partial charge in [-0.3, -0.25) is 9.59 Å². The molecule has 0 bridgehead atoms. The van der Waals surface area contributed by atoms with E-state index in [4.69, 9.17) is 10.2 Å². The van der Waals surface area contributed by atoms with E-state index in [2.05, 4.69) is 31.2 Å². The first-order valence-corrected chi connectivity index (χ1v) is 12.2. The lowest BCUT2D eigenvalue weighted by Gasteiger charge is -2.17. The molecule has 0 aliphatic rings. The highest BCUT2D eigenvalue weighted by Crippen LogP contribution is 2.34. The third-order valence-corrected chi connectivity index (χ3v) is 6.51. The number of hydrogen-bond donors (Lipinski definition) is 2. The summed E-state index contributed by atoms with van der Waals surface area (Å²) in [4.78, 5) is 21.5. The van der Waals surface area contributed by atoms with Crippen LogP contribution in [0.25, 0.3) is 0 Å². The van der Waals surface area contributed by atoms with E-state index in [0.29, 0.717) is 12.2 Å². The highest BCUT2D eigenvalue weighted by Gasteiger charge is 2.13. The maximum Gasteiger partial charge on any atom is 0.304 e. The molecule has 1 aromatic rings. The van der Waals surface area contributed by atoms with Gasteiger partial charge < -0.3 is 10.2 Å². The van der Waals surface area contributed by atoms with Gasteiger partial charge in [-0.1, -0.05) is 76.1 Å². The summed E-state index contributed by atoms with van der Waals surface area (Å²) in [5, 5.41) is 17.9. The van der Waals surface area contributed by atoms with Crippen LogP contribution in [0.15, 0.2) is 24.3 Å². The summed E-state index contributed by atoms with van der Waals surface area (Å²) in [6.45, 7) is 2.24. The molecule has 0 aliphatic carbocycles. The highest BCUT2D eigenvalue weighted by molar-refractivity contribution is 7.99. The fourth-order valence-electron chi connectivity index (χ4n) is 3.43. The fraction of sp³-hybridized carbons (Fsp3) is 0.667. The summed E-state index contributed by atoms with van der Waals surface area (Å²) >= 11 is 1.67. The Balaban J connectivity index is 2.45. The molecule has 0 radical (unpaired) electrons. The lowest BCUT2D eigenvalue weighted by molar-refractivity contribution is -0.137. The van der Waals surface area contributed by atoms with Gasteiger partial charge in [-0.2, -0.15) is 11.8 Å². The predicted octanol–water partition coefficient (Wildman–Crippen LogP) is 6.87. The molecule has 0 fully saturated rings. The number of benzene rings is 1. The Kier molecular flexibility index (Phi) is 14.4. The molecular weight excluding hydrogens is 384 g/mol. The number of hydrogen-bond acceptors (Lipinski definition) is 3. The van der Waals surface area contributed by atoms with Gasteiger partial charge in [0, 0.05) is 17.4 Å².